The summed E-state index contributed by atoms with van der Waals surface area (Å²) in [4.78, 5) is 0. The molecule has 1 rings (SSSR count). The minimum Gasteiger partial charge on any atom is -0.368 e. The predicted molar refractivity (Wildman–Crippen MR) is 46.3 cm³/mol. The van der Waals surface area contributed by atoms with E-state index in [1.54, 1.807) is 11.8 Å². The van der Waals surface area contributed by atoms with Crippen LogP contribution in [0.3, 0.4) is 0 Å². The molecular formula is C7H15NO2S. The lowest BCUT2D eigenvalue weighted by Gasteiger charge is -2.32. The van der Waals surface area contributed by atoms with Crippen LogP contribution in [0.25, 0.3) is 0 Å². The fraction of sp³-hybridized carbons (Fsp3) is 1.00. The maximum absolute atomic E-state index is 8.98. The van der Waals surface area contributed by atoms with E-state index in [1.165, 1.54) is 0 Å². The van der Waals surface area contributed by atoms with E-state index in [0.717, 1.165) is 19.4 Å². The Hall–Kier alpha value is 0.230. The molecule has 0 aromatic rings. The summed E-state index contributed by atoms with van der Waals surface area (Å²) >= 11 is 1.65. The molecular weight excluding hydrogens is 162 g/mol. The highest BCUT2D eigenvalue weighted by molar-refractivity contribution is 7.99. The number of nitrogens with one attached hydrogen (secondary N) is 1. The van der Waals surface area contributed by atoms with E-state index in [2.05, 4.69) is 5.32 Å². The van der Waals surface area contributed by atoms with Crippen LogP contribution < -0.4 is 5.32 Å². The number of piperidine rings is 1. The Morgan fingerprint density at radius 1 is 1.55 bits per heavy atom. The Bertz CT molecular complexity index is 121. The van der Waals surface area contributed by atoms with Gasteiger partial charge in [-0.15, -0.1) is 11.8 Å². The first-order chi connectivity index (χ1) is 5.25. The molecule has 0 amide bonds. The molecule has 2 atom stereocenters. The van der Waals surface area contributed by atoms with Crippen LogP contribution in [0, 0.1) is 5.92 Å². The third-order valence-corrected chi connectivity index (χ3v) is 3.11. The maximum atomic E-state index is 8.98. The summed E-state index contributed by atoms with van der Waals surface area (Å²) in [6.45, 7) is 0.995. The smallest absolute Gasteiger partial charge is 0.156 e. The van der Waals surface area contributed by atoms with Crippen LogP contribution in [-0.2, 0) is 0 Å². The van der Waals surface area contributed by atoms with Crippen molar-refractivity contribution >= 4 is 11.8 Å². The van der Waals surface area contributed by atoms with Crippen LogP contribution in [0.1, 0.15) is 12.8 Å². The van der Waals surface area contributed by atoms with Crippen molar-refractivity contribution in [3.8, 4) is 0 Å². The molecule has 1 heterocycles. The lowest BCUT2D eigenvalue weighted by molar-refractivity contribution is -0.0920. The molecule has 1 fully saturated rings. The number of hydrogen-bond donors (Lipinski definition) is 3. The summed E-state index contributed by atoms with van der Waals surface area (Å²) < 4.78 is 0. The van der Waals surface area contributed by atoms with Crippen molar-refractivity contribution < 1.29 is 10.2 Å². The highest BCUT2D eigenvalue weighted by Crippen LogP contribution is 2.25. The molecule has 0 radical (unpaired) electrons. The second-order valence-electron chi connectivity index (χ2n) is 2.83. The monoisotopic (exact) mass is 177 g/mol. The first kappa shape index (κ1) is 9.32. The topological polar surface area (TPSA) is 52.5 Å². The minimum atomic E-state index is -1.17. The third-order valence-electron chi connectivity index (χ3n) is 2.09. The van der Waals surface area contributed by atoms with Crippen LogP contribution in [0.15, 0.2) is 0 Å². The molecule has 0 aromatic carbocycles. The molecule has 2 unspecified atom stereocenters. The Morgan fingerprint density at radius 2 is 2.27 bits per heavy atom. The Kier molecular flexibility index (Phi) is 3.65. The van der Waals surface area contributed by atoms with Crippen LogP contribution in [-0.4, -0.2) is 34.7 Å². The van der Waals surface area contributed by atoms with Crippen molar-refractivity contribution in [1.29, 1.82) is 0 Å². The van der Waals surface area contributed by atoms with Crippen LogP contribution in [0.5, 0.6) is 0 Å². The fourth-order valence-electron chi connectivity index (χ4n) is 1.45. The molecule has 3 N–H and O–H groups in total. The molecule has 1 aliphatic rings. The summed E-state index contributed by atoms with van der Waals surface area (Å²) in [5.41, 5.74) is 0. The van der Waals surface area contributed by atoms with Gasteiger partial charge >= 0.3 is 0 Å². The van der Waals surface area contributed by atoms with Crippen molar-refractivity contribution in [2.45, 2.75) is 24.5 Å². The molecule has 0 aliphatic carbocycles. The molecule has 66 valence electrons. The van der Waals surface area contributed by atoms with Gasteiger partial charge in [-0.2, -0.15) is 0 Å². The van der Waals surface area contributed by atoms with Crippen molar-refractivity contribution in [1.82, 2.24) is 5.32 Å². The highest BCUT2D eigenvalue weighted by Gasteiger charge is 2.28. The first-order valence-electron chi connectivity index (χ1n) is 3.88. The number of hydrogen-bond acceptors (Lipinski definition) is 4. The van der Waals surface area contributed by atoms with E-state index in [9.17, 15) is 0 Å². The molecule has 11 heavy (non-hydrogen) atoms. The van der Waals surface area contributed by atoms with Crippen molar-refractivity contribution in [3.05, 3.63) is 0 Å². The van der Waals surface area contributed by atoms with Gasteiger partial charge in [0.05, 0.1) is 5.37 Å². The van der Waals surface area contributed by atoms with Gasteiger partial charge in [0, 0.05) is 5.92 Å². The van der Waals surface area contributed by atoms with E-state index in [1.807, 2.05) is 6.26 Å². The van der Waals surface area contributed by atoms with Gasteiger partial charge in [0.2, 0.25) is 0 Å². The van der Waals surface area contributed by atoms with Gasteiger partial charge in [0.1, 0.15) is 0 Å². The fourth-order valence-corrected chi connectivity index (χ4v) is 2.36. The Balaban J connectivity index is 2.44. The molecule has 1 aliphatic heterocycles. The van der Waals surface area contributed by atoms with Gasteiger partial charge < -0.3 is 15.5 Å². The van der Waals surface area contributed by atoms with Gasteiger partial charge in [-0.05, 0) is 25.6 Å². The number of rotatable bonds is 2. The molecule has 4 heteroatoms. The van der Waals surface area contributed by atoms with Crippen molar-refractivity contribution in [2.24, 2.45) is 5.92 Å². The molecule has 1 saturated heterocycles. The van der Waals surface area contributed by atoms with Crippen molar-refractivity contribution in [2.75, 3.05) is 12.8 Å². The lowest BCUT2D eigenvalue weighted by atomic mass is 9.99. The average molecular weight is 177 g/mol. The van der Waals surface area contributed by atoms with E-state index in [0.29, 0.717) is 0 Å². The molecule has 0 spiro atoms. The second-order valence-corrected chi connectivity index (χ2v) is 3.81. The largest absolute Gasteiger partial charge is 0.368 e. The van der Waals surface area contributed by atoms with Gasteiger partial charge in [-0.25, -0.2) is 0 Å². The van der Waals surface area contributed by atoms with Crippen LogP contribution >= 0.6 is 11.8 Å². The Labute approximate surface area is 71.2 Å². The zero-order valence-corrected chi connectivity index (χ0v) is 7.47. The van der Waals surface area contributed by atoms with E-state index >= 15 is 0 Å². The van der Waals surface area contributed by atoms with Crippen LogP contribution in [0.2, 0.25) is 0 Å². The number of aliphatic hydroxyl groups is 2. The summed E-state index contributed by atoms with van der Waals surface area (Å²) in [5.74, 6) is -0.00116. The lowest BCUT2D eigenvalue weighted by Crippen LogP contribution is -2.44. The van der Waals surface area contributed by atoms with Gasteiger partial charge in [-0.1, -0.05) is 0 Å². The van der Waals surface area contributed by atoms with Crippen LogP contribution in [0.4, 0.5) is 0 Å². The highest BCUT2D eigenvalue weighted by atomic mass is 32.2. The zero-order valence-electron chi connectivity index (χ0n) is 6.66. The summed E-state index contributed by atoms with van der Waals surface area (Å²) in [6, 6.07) is 0. The summed E-state index contributed by atoms with van der Waals surface area (Å²) in [5, 5.41) is 21.4. The third kappa shape index (κ3) is 2.33. The normalized spacial score (nSPS) is 32.7. The van der Waals surface area contributed by atoms with Gasteiger partial charge in [0.15, 0.2) is 6.29 Å². The van der Waals surface area contributed by atoms with Crippen molar-refractivity contribution in [3.63, 3.8) is 0 Å². The van der Waals surface area contributed by atoms with Gasteiger partial charge in [-0.3, -0.25) is 0 Å². The van der Waals surface area contributed by atoms with E-state index in [-0.39, 0.29) is 11.3 Å². The zero-order chi connectivity index (χ0) is 8.27. The molecule has 3 nitrogen and oxygen atoms in total. The quantitative estimate of drug-likeness (QED) is 0.519. The Morgan fingerprint density at radius 3 is 2.73 bits per heavy atom. The summed E-state index contributed by atoms with van der Waals surface area (Å²) in [7, 11) is 0. The van der Waals surface area contributed by atoms with Gasteiger partial charge in [0.25, 0.3) is 0 Å². The second kappa shape index (κ2) is 4.30. The van der Waals surface area contributed by atoms with E-state index in [4.69, 9.17) is 10.2 Å². The molecule has 0 saturated carbocycles. The number of thioether (sulfide) groups is 1. The average Bonchev–Trinajstić information content (AvgIpc) is 2.04. The predicted octanol–water partition coefficient (Wildman–Crippen LogP) is -0.0142. The molecule has 0 bridgehead atoms. The maximum Gasteiger partial charge on any atom is 0.156 e. The first-order valence-corrected chi connectivity index (χ1v) is 5.17. The van der Waals surface area contributed by atoms with E-state index < -0.39 is 6.29 Å². The summed E-state index contributed by atoms with van der Waals surface area (Å²) in [6.07, 6.45) is 2.77. The minimum absolute atomic E-state index is 0.00116. The number of aliphatic hydroxyl groups excluding tert-OH is 1. The SMILES string of the molecule is CSC1NCCCC1C(O)O. The molecule has 0 aromatic heterocycles. The standard InChI is InChI=1S/C7H15NO2S/c1-11-6-5(7(9)10)3-2-4-8-6/h5-10H,2-4H2,1H3.